The molecule has 1 aliphatic carbocycles. The van der Waals surface area contributed by atoms with E-state index in [0.717, 1.165) is 69.3 Å². The number of amides is 1. The number of carbonyl (C=O) groups is 1. The van der Waals surface area contributed by atoms with Gasteiger partial charge in [0.2, 0.25) is 5.91 Å². The molecule has 1 amide bonds. The first-order chi connectivity index (χ1) is 13.1. The van der Waals surface area contributed by atoms with Crippen LogP contribution in [0, 0.1) is 19.8 Å². The molecule has 0 unspecified atom stereocenters. The Hall–Kier alpha value is -1.50. The fraction of sp³-hybridized carbons (Fsp3) is 0.619. The maximum absolute atomic E-state index is 13.1. The highest BCUT2D eigenvalue weighted by atomic mass is 32.1. The predicted octanol–water partition coefficient (Wildman–Crippen LogP) is 3.77. The monoisotopic (exact) mass is 387 g/mol. The number of nitrogens with zero attached hydrogens (tertiary/aromatic N) is 3. The van der Waals surface area contributed by atoms with Crippen molar-refractivity contribution in [3.8, 4) is 0 Å². The SMILES string of the molecule is Cc1cc2nc(N(CCCN3CCOCC3)C(=O)C3CCC3)sc2cc1C. The van der Waals surface area contributed by atoms with Gasteiger partial charge in [-0.2, -0.15) is 0 Å². The molecule has 1 saturated carbocycles. The molecule has 1 aliphatic heterocycles. The van der Waals surface area contributed by atoms with Gasteiger partial charge in [-0.15, -0.1) is 0 Å². The molecule has 2 heterocycles. The second-order valence-electron chi connectivity index (χ2n) is 7.83. The molecule has 1 aromatic heterocycles. The molecule has 0 bridgehead atoms. The number of carbonyl (C=O) groups excluding carboxylic acids is 1. The summed E-state index contributed by atoms with van der Waals surface area (Å²) in [4.78, 5) is 22.3. The van der Waals surface area contributed by atoms with Crippen LogP contribution >= 0.6 is 11.3 Å². The summed E-state index contributed by atoms with van der Waals surface area (Å²) in [7, 11) is 0. The Kier molecular flexibility index (Phi) is 5.76. The molecule has 1 saturated heterocycles. The number of hydrogen-bond acceptors (Lipinski definition) is 5. The van der Waals surface area contributed by atoms with Crippen molar-refractivity contribution in [1.82, 2.24) is 9.88 Å². The van der Waals surface area contributed by atoms with E-state index in [1.807, 2.05) is 4.90 Å². The molecule has 4 rings (SSSR count). The van der Waals surface area contributed by atoms with Crippen LogP contribution < -0.4 is 4.90 Å². The number of benzene rings is 1. The Morgan fingerprint density at radius 2 is 2.00 bits per heavy atom. The summed E-state index contributed by atoms with van der Waals surface area (Å²) in [6, 6.07) is 4.34. The summed E-state index contributed by atoms with van der Waals surface area (Å²) in [5.41, 5.74) is 3.54. The Bertz CT molecular complexity index is 770. The van der Waals surface area contributed by atoms with Crippen LogP contribution in [0.4, 0.5) is 5.13 Å². The number of hydrogen-bond donors (Lipinski definition) is 0. The van der Waals surface area contributed by atoms with E-state index in [9.17, 15) is 4.79 Å². The number of rotatable bonds is 6. The van der Waals surface area contributed by atoms with Crippen LogP contribution in [0.1, 0.15) is 36.8 Å². The Morgan fingerprint density at radius 3 is 2.70 bits per heavy atom. The number of fused-ring (bicyclic) bond motifs is 1. The van der Waals surface area contributed by atoms with Crippen molar-refractivity contribution in [3.63, 3.8) is 0 Å². The summed E-state index contributed by atoms with van der Waals surface area (Å²) in [5.74, 6) is 0.472. The first-order valence-corrected chi connectivity index (χ1v) is 10.9. The van der Waals surface area contributed by atoms with Gasteiger partial charge in [0, 0.05) is 32.1 Å². The fourth-order valence-electron chi connectivity index (χ4n) is 3.74. The molecule has 0 spiro atoms. The minimum atomic E-state index is 0.198. The lowest BCUT2D eigenvalue weighted by Gasteiger charge is -2.31. The highest BCUT2D eigenvalue weighted by Gasteiger charge is 2.31. The van der Waals surface area contributed by atoms with Gasteiger partial charge in [-0.1, -0.05) is 17.8 Å². The Morgan fingerprint density at radius 1 is 1.26 bits per heavy atom. The van der Waals surface area contributed by atoms with Gasteiger partial charge in [-0.25, -0.2) is 4.98 Å². The van der Waals surface area contributed by atoms with E-state index < -0.39 is 0 Å². The molecule has 5 nitrogen and oxygen atoms in total. The minimum absolute atomic E-state index is 0.198. The van der Waals surface area contributed by atoms with Gasteiger partial charge in [0.05, 0.1) is 23.4 Å². The van der Waals surface area contributed by atoms with E-state index >= 15 is 0 Å². The fourth-order valence-corrected chi connectivity index (χ4v) is 4.81. The van der Waals surface area contributed by atoms with E-state index in [0.29, 0.717) is 0 Å². The molecular formula is C21H29N3O2S. The molecule has 2 aliphatic rings. The topological polar surface area (TPSA) is 45.7 Å². The molecule has 0 N–H and O–H groups in total. The van der Waals surface area contributed by atoms with Crippen LogP contribution in [0.2, 0.25) is 0 Å². The van der Waals surface area contributed by atoms with Gasteiger partial charge in [0.25, 0.3) is 0 Å². The van der Waals surface area contributed by atoms with Crippen LogP contribution in [0.15, 0.2) is 12.1 Å². The van der Waals surface area contributed by atoms with E-state index in [1.165, 1.54) is 22.2 Å². The standard InChI is InChI=1S/C21H29N3O2S/c1-15-13-18-19(14-16(15)2)27-21(22-18)24(20(25)17-5-3-6-17)8-4-7-23-9-11-26-12-10-23/h13-14,17H,3-12H2,1-2H3. The average Bonchev–Trinajstić information content (AvgIpc) is 3.00. The number of anilines is 1. The maximum atomic E-state index is 13.1. The summed E-state index contributed by atoms with van der Waals surface area (Å²) in [6.45, 7) is 9.65. The molecule has 6 heteroatoms. The van der Waals surface area contributed by atoms with Gasteiger partial charge in [-0.05, 0) is 56.4 Å². The minimum Gasteiger partial charge on any atom is -0.379 e. The maximum Gasteiger partial charge on any atom is 0.231 e. The van der Waals surface area contributed by atoms with Gasteiger partial charge < -0.3 is 4.74 Å². The van der Waals surface area contributed by atoms with Crippen molar-refractivity contribution in [2.45, 2.75) is 39.5 Å². The van der Waals surface area contributed by atoms with Gasteiger partial charge in [0.15, 0.2) is 5.13 Å². The average molecular weight is 388 g/mol. The highest BCUT2D eigenvalue weighted by molar-refractivity contribution is 7.22. The number of aromatic nitrogens is 1. The van der Waals surface area contributed by atoms with Crippen molar-refractivity contribution >= 4 is 32.6 Å². The number of morpholine rings is 1. The second-order valence-corrected chi connectivity index (χ2v) is 8.83. The molecule has 146 valence electrons. The van der Waals surface area contributed by atoms with E-state index in [2.05, 4.69) is 30.9 Å². The smallest absolute Gasteiger partial charge is 0.231 e. The van der Waals surface area contributed by atoms with Crippen molar-refractivity contribution in [1.29, 1.82) is 0 Å². The Labute approximate surface area is 165 Å². The molecule has 0 atom stereocenters. The third kappa shape index (κ3) is 4.18. The summed E-state index contributed by atoms with van der Waals surface area (Å²) in [5, 5.41) is 0.869. The quantitative estimate of drug-likeness (QED) is 0.757. The molecule has 27 heavy (non-hydrogen) atoms. The van der Waals surface area contributed by atoms with Crippen molar-refractivity contribution in [3.05, 3.63) is 23.3 Å². The molecule has 2 fully saturated rings. The van der Waals surface area contributed by atoms with Crippen molar-refractivity contribution in [2.75, 3.05) is 44.3 Å². The van der Waals surface area contributed by atoms with Gasteiger partial charge in [-0.3, -0.25) is 14.6 Å². The molecular weight excluding hydrogens is 358 g/mol. The lowest BCUT2D eigenvalue weighted by molar-refractivity contribution is -0.124. The molecule has 2 aromatic rings. The molecule has 0 radical (unpaired) electrons. The number of thiazole rings is 1. The zero-order valence-electron chi connectivity index (χ0n) is 16.4. The van der Waals surface area contributed by atoms with Crippen LogP contribution in [-0.4, -0.2) is 55.2 Å². The van der Waals surface area contributed by atoms with Crippen LogP contribution in [0.3, 0.4) is 0 Å². The zero-order valence-corrected chi connectivity index (χ0v) is 17.2. The third-order valence-corrected chi connectivity index (χ3v) is 6.94. The number of ether oxygens (including phenoxy) is 1. The number of aryl methyl sites for hydroxylation is 2. The third-order valence-electron chi connectivity index (χ3n) is 5.90. The highest BCUT2D eigenvalue weighted by Crippen LogP contribution is 2.34. The van der Waals surface area contributed by atoms with Crippen molar-refractivity contribution in [2.24, 2.45) is 5.92 Å². The summed E-state index contributed by atoms with van der Waals surface area (Å²) >= 11 is 1.65. The second kappa shape index (κ2) is 8.25. The Balaban J connectivity index is 1.51. The van der Waals surface area contributed by atoms with E-state index in [4.69, 9.17) is 9.72 Å². The van der Waals surface area contributed by atoms with Crippen LogP contribution in [0.25, 0.3) is 10.2 Å². The normalized spacial score (nSPS) is 18.6. The van der Waals surface area contributed by atoms with Gasteiger partial charge in [0.1, 0.15) is 0 Å². The zero-order chi connectivity index (χ0) is 18.8. The molecule has 1 aromatic carbocycles. The lowest BCUT2D eigenvalue weighted by Crippen LogP contribution is -2.42. The van der Waals surface area contributed by atoms with Crippen LogP contribution in [0.5, 0.6) is 0 Å². The van der Waals surface area contributed by atoms with E-state index in [1.54, 1.807) is 11.3 Å². The van der Waals surface area contributed by atoms with Crippen molar-refractivity contribution < 1.29 is 9.53 Å². The largest absolute Gasteiger partial charge is 0.379 e. The lowest BCUT2D eigenvalue weighted by atomic mass is 9.84. The first-order valence-electron chi connectivity index (χ1n) is 10.1. The first kappa shape index (κ1) is 18.8. The van der Waals surface area contributed by atoms with Gasteiger partial charge >= 0.3 is 0 Å². The van der Waals surface area contributed by atoms with E-state index in [-0.39, 0.29) is 11.8 Å². The summed E-state index contributed by atoms with van der Waals surface area (Å²) in [6.07, 6.45) is 4.21. The van der Waals surface area contributed by atoms with Crippen LogP contribution in [-0.2, 0) is 9.53 Å². The summed E-state index contributed by atoms with van der Waals surface area (Å²) < 4.78 is 6.60. The predicted molar refractivity (Wildman–Crippen MR) is 111 cm³/mol.